The van der Waals surface area contributed by atoms with Gasteiger partial charge in [-0.25, -0.2) is 9.37 Å². The number of pyridine rings is 1. The van der Waals surface area contributed by atoms with Gasteiger partial charge < -0.3 is 5.32 Å². The molecule has 1 aromatic carbocycles. The number of hydrogen-bond acceptors (Lipinski definition) is 2. The Balaban J connectivity index is 2.19. The van der Waals surface area contributed by atoms with Gasteiger partial charge in [0.2, 0.25) is 0 Å². The normalized spacial score (nSPS) is 10.2. The Morgan fingerprint density at radius 1 is 1.33 bits per heavy atom. The molecule has 3 nitrogen and oxygen atoms in total. The summed E-state index contributed by atoms with van der Waals surface area (Å²) in [5.74, 6) is -0.375. The molecule has 0 radical (unpaired) electrons. The molecule has 18 heavy (non-hydrogen) atoms. The van der Waals surface area contributed by atoms with Crippen molar-refractivity contribution in [3.05, 3.63) is 57.9 Å². The topological polar surface area (TPSA) is 42.0 Å². The third kappa shape index (κ3) is 2.92. The van der Waals surface area contributed by atoms with Gasteiger partial charge in [0.1, 0.15) is 16.2 Å². The Morgan fingerprint density at radius 2 is 2.11 bits per heavy atom. The van der Waals surface area contributed by atoms with Crippen molar-refractivity contribution in [3.63, 3.8) is 0 Å². The van der Waals surface area contributed by atoms with E-state index in [2.05, 4.69) is 26.2 Å². The number of halogens is 2. The van der Waals surface area contributed by atoms with Crippen molar-refractivity contribution in [1.82, 2.24) is 4.98 Å². The van der Waals surface area contributed by atoms with Crippen LogP contribution in [0.4, 0.5) is 10.2 Å². The Kier molecular flexibility index (Phi) is 3.72. The van der Waals surface area contributed by atoms with Crippen LogP contribution in [0.2, 0.25) is 0 Å². The Bertz CT molecular complexity index is 601. The molecule has 92 valence electrons. The highest BCUT2D eigenvalue weighted by Gasteiger charge is 2.09. The molecule has 0 saturated carbocycles. The number of nitrogens with one attached hydrogen (secondary N) is 1. The van der Waals surface area contributed by atoms with Gasteiger partial charge in [0.05, 0.1) is 0 Å². The average molecular weight is 309 g/mol. The van der Waals surface area contributed by atoms with Gasteiger partial charge in [-0.2, -0.15) is 0 Å². The number of hydrogen-bond donors (Lipinski definition) is 1. The molecule has 0 spiro atoms. The summed E-state index contributed by atoms with van der Waals surface area (Å²) in [5.41, 5.74) is 0.770. The van der Waals surface area contributed by atoms with Crippen LogP contribution < -0.4 is 5.32 Å². The fourth-order valence-electron chi connectivity index (χ4n) is 1.40. The van der Waals surface area contributed by atoms with Gasteiger partial charge in [0.25, 0.3) is 5.91 Å². The lowest BCUT2D eigenvalue weighted by molar-refractivity contribution is 0.102. The lowest BCUT2D eigenvalue weighted by Gasteiger charge is -2.05. The van der Waals surface area contributed by atoms with Crippen molar-refractivity contribution in [1.29, 1.82) is 0 Å². The molecule has 1 N–H and O–H groups in total. The van der Waals surface area contributed by atoms with E-state index in [-0.39, 0.29) is 11.5 Å². The van der Waals surface area contributed by atoms with Crippen LogP contribution in [-0.4, -0.2) is 10.9 Å². The second kappa shape index (κ2) is 5.27. The van der Waals surface area contributed by atoms with E-state index in [0.29, 0.717) is 16.0 Å². The minimum atomic E-state index is -0.398. The van der Waals surface area contributed by atoms with Gasteiger partial charge in [-0.1, -0.05) is 12.1 Å². The molecule has 0 unspecified atom stereocenters. The quantitative estimate of drug-likeness (QED) is 0.862. The van der Waals surface area contributed by atoms with Crippen LogP contribution in [0.1, 0.15) is 15.9 Å². The summed E-state index contributed by atoms with van der Waals surface area (Å²) < 4.78 is 14.0. The number of carbonyl (C=O) groups is 1. The fourth-order valence-corrected chi connectivity index (χ4v) is 1.74. The molecule has 0 aliphatic carbocycles. The number of aryl methyl sites for hydroxylation is 1. The first-order valence-corrected chi connectivity index (χ1v) is 6.05. The number of amides is 1. The maximum atomic E-state index is 13.3. The van der Waals surface area contributed by atoms with E-state index >= 15 is 0 Å². The van der Waals surface area contributed by atoms with Crippen molar-refractivity contribution in [2.45, 2.75) is 6.92 Å². The lowest BCUT2D eigenvalue weighted by atomic mass is 10.1. The summed E-state index contributed by atoms with van der Waals surface area (Å²) in [6.07, 6.45) is 0. The number of aromatic nitrogens is 1. The zero-order valence-corrected chi connectivity index (χ0v) is 11.2. The maximum Gasteiger partial charge on any atom is 0.256 e. The highest BCUT2D eigenvalue weighted by atomic mass is 79.9. The first-order valence-electron chi connectivity index (χ1n) is 5.26. The smallest absolute Gasteiger partial charge is 0.256 e. The molecule has 0 saturated heterocycles. The second-order valence-corrected chi connectivity index (χ2v) is 4.58. The van der Waals surface area contributed by atoms with E-state index in [4.69, 9.17) is 0 Å². The van der Waals surface area contributed by atoms with Gasteiger partial charge in [-0.05, 0) is 52.7 Å². The highest BCUT2D eigenvalue weighted by molar-refractivity contribution is 9.10. The van der Waals surface area contributed by atoms with Gasteiger partial charge in [0.15, 0.2) is 0 Å². The van der Waals surface area contributed by atoms with Crippen molar-refractivity contribution >= 4 is 27.7 Å². The van der Waals surface area contributed by atoms with Crippen molar-refractivity contribution < 1.29 is 9.18 Å². The highest BCUT2D eigenvalue weighted by Crippen LogP contribution is 2.13. The molecule has 0 bridgehead atoms. The summed E-state index contributed by atoms with van der Waals surface area (Å²) in [5, 5.41) is 2.60. The zero-order chi connectivity index (χ0) is 13.1. The molecule has 2 rings (SSSR count). The fraction of sp³-hybridized carbons (Fsp3) is 0.0769. The van der Waals surface area contributed by atoms with Crippen molar-refractivity contribution in [2.24, 2.45) is 0 Å². The molecule has 1 aromatic heterocycles. The average Bonchev–Trinajstić information content (AvgIpc) is 2.32. The van der Waals surface area contributed by atoms with Gasteiger partial charge in [-0.3, -0.25) is 4.79 Å². The van der Waals surface area contributed by atoms with Crippen molar-refractivity contribution in [2.75, 3.05) is 5.32 Å². The number of nitrogens with zero attached hydrogens (tertiary/aromatic N) is 1. The Labute approximate surface area is 112 Å². The third-order valence-corrected chi connectivity index (χ3v) is 2.83. The van der Waals surface area contributed by atoms with Gasteiger partial charge in [-0.15, -0.1) is 0 Å². The molecule has 1 amide bonds. The van der Waals surface area contributed by atoms with E-state index in [1.54, 1.807) is 37.3 Å². The van der Waals surface area contributed by atoms with Crippen LogP contribution >= 0.6 is 15.9 Å². The molecule has 0 atom stereocenters. The maximum absolute atomic E-state index is 13.3. The first kappa shape index (κ1) is 12.7. The van der Waals surface area contributed by atoms with Crippen LogP contribution in [0, 0.1) is 12.7 Å². The number of carbonyl (C=O) groups excluding carboxylic acids is 1. The molecule has 0 aliphatic heterocycles. The lowest BCUT2D eigenvalue weighted by Crippen LogP contribution is -2.13. The minimum absolute atomic E-state index is 0.264. The van der Waals surface area contributed by atoms with E-state index in [1.807, 2.05) is 0 Å². The number of benzene rings is 1. The zero-order valence-electron chi connectivity index (χ0n) is 9.58. The predicted molar refractivity (Wildman–Crippen MR) is 71.0 cm³/mol. The SMILES string of the molecule is Cc1ccc(C(=O)Nc2cccc(Br)n2)cc1F. The van der Waals surface area contributed by atoms with Crippen molar-refractivity contribution in [3.8, 4) is 0 Å². The van der Waals surface area contributed by atoms with Crippen LogP contribution in [0.5, 0.6) is 0 Å². The Hall–Kier alpha value is -1.75. The molecular formula is C13H10BrFN2O. The minimum Gasteiger partial charge on any atom is -0.307 e. The van der Waals surface area contributed by atoms with Crippen LogP contribution in [0.25, 0.3) is 0 Å². The molecule has 1 heterocycles. The molecule has 0 fully saturated rings. The van der Waals surface area contributed by atoms with E-state index < -0.39 is 5.82 Å². The second-order valence-electron chi connectivity index (χ2n) is 3.76. The summed E-state index contributed by atoms with van der Waals surface area (Å²) in [7, 11) is 0. The van der Waals surface area contributed by atoms with Gasteiger partial charge in [0, 0.05) is 5.56 Å². The van der Waals surface area contributed by atoms with E-state index in [9.17, 15) is 9.18 Å². The molecule has 5 heteroatoms. The Morgan fingerprint density at radius 3 is 2.78 bits per heavy atom. The monoisotopic (exact) mass is 308 g/mol. The largest absolute Gasteiger partial charge is 0.307 e. The standard InChI is InChI=1S/C13H10BrFN2O/c1-8-5-6-9(7-10(8)15)13(18)17-12-4-2-3-11(14)16-12/h2-7H,1H3,(H,16,17,18). The summed E-state index contributed by atoms with van der Waals surface area (Å²) in [4.78, 5) is 15.9. The predicted octanol–water partition coefficient (Wildman–Crippen LogP) is 3.54. The summed E-state index contributed by atoms with van der Waals surface area (Å²) >= 11 is 3.21. The van der Waals surface area contributed by atoms with E-state index in [0.717, 1.165) is 0 Å². The third-order valence-electron chi connectivity index (χ3n) is 2.39. The first-order chi connectivity index (χ1) is 8.56. The summed E-state index contributed by atoms with van der Waals surface area (Å²) in [6.45, 7) is 1.65. The van der Waals surface area contributed by atoms with Crippen LogP contribution in [-0.2, 0) is 0 Å². The summed E-state index contributed by atoms with van der Waals surface area (Å²) in [6, 6.07) is 9.52. The molecule has 0 aliphatic rings. The molecular weight excluding hydrogens is 299 g/mol. The number of rotatable bonds is 2. The van der Waals surface area contributed by atoms with Gasteiger partial charge >= 0.3 is 0 Å². The van der Waals surface area contributed by atoms with Crippen LogP contribution in [0.3, 0.4) is 0 Å². The van der Waals surface area contributed by atoms with E-state index in [1.165, 1.54) is 6.07 Å². The van der Waals surface area contributed by atoms with Crippen LogP contribution in [0.15, 0.2) is 41.0 Å². The molecule has 2 aromatic rings. The number of anilines is 1.